The lowest BCUT2D eigenvalue weighted by Crippen LogP contribution is -2.54. The molecule has 118 valence electrons. The Morgan fingerprint density at radius 1 is 1.35 bits per heavy atom. The summed E-state index contributed by atoms with van der Waals surface area (Å²) in [6, 6.07) is 0.184. The van der Waals surface area contributed by atoms with Crippen LogP contribution in [0, 0.1) is 0 Å². The van der Waals surface area contributed by atoms with Crippen LogP contribution < -0.4 is 10.6 Å². The minimum atomic E-state index is -0.188. The van der Waals surface area contributed by atoms with Gasteiger partial charge in [0, 0.05) is 31.3 Å². The number of amides is 2. The molecule has 1 fully saturated rings. The second-order valence-electron chi connectivity index (χ2n) is 6.60. The van der Waals surface area contributed by atoms with Crippen LogP contribution in [-0.4, -0.2) is 55.4 Å². The molecule has 1 aliphatic heterocycles. The molecule has 0 saturated carbocycles. The van der Waals surface area contributed by atoms with Crippen LogP contribution >= 0.6 is 0 Å². The number of ether oxygens (including phenoxy) is 1. The number of nitrogens with zero attached hydrogens (tertiary/aromatic N) is 1. The predicted molar refractivity (Wildman–Crippen MR) is 82.0 cm³/mol. The molecule has 0 spiro atoms. The number of piperidine rings is 1. The van der Waals surface area contributed by atoms with Crippen molar-refractivity contribution < 1.29 is 9.53 Å². The number of likely N-dealkylation sites (tertiary alicyclic amines) is 1. The van der Waals surface area contributed by atoms with E-state index in [4.69, 9.17) is 4.74 Å². The van der Waals surface area contributed by atoms with Crippen LogP contribution in [0.2, 0.25) is 0 Å². The van der Waals surface area contributed by atoms with Crippen molar-refractivity contribution >= 4 is 6.03 Å². The van der Waals surface area contributed by atoms with Gasteiger partial charge in [-0.05, 0) is 46.6 Å². The highest BCUT2D eigenvalue weighted by atomic mass is 16.5. The normalized spacial score (nSPS) is 20.7. The third kappa shape index (κ3) is 7.70. The van der Waals surface area contributed by atoms with Gasteiger partial charge >= 0.3 is 6.03 Å². The van der Waals surface area contributed by atoms with E-state index in [2.05, 4.69) is 22.5 Å². The molecule has 0 aromatic rings. The Hall–Kier alpha value is -0.810. The minimum absolute atomic E-state index is 0.0633. The van der Waals surface area contributed by atoms with E-state index in [9.17, 15) is 4.79 Å². The third-order valence-electron chi connectivity index (χ3n) is 3.23. The SMILES string of the molecule is CCCOCCN1CCCC(NC(=O)NC(C)(C)C)C1. The second kappa shape index (κ2) is 8.47. The highest BCUT2D eigenvalue weighted by Crippen LogP contribution is 2.10. The van der Waals surface area contributed by atoms with Crippen LogP contribution in [0.4, 0.5) is 4.79 Å². The Kier molecular flexibility index (Phi) is 7.30. The maximum atomic E-state index is 11.9. The van der Waals surface area contributed by atoms with Crippen molar-refractivity contribution in [2.24, 2.45) is 0 Å². The zero-order valence-corrected chi connectivity index (χ0v) is 13.5. The van der Waals surface area contributed by atoms with Crippen molar-refractivity contribution in [2.45, 2.75) is 58.5 Å². The molecule has 5 heteroatoms. The van der Waals surface area contributed by atoms with E-state index in [1.54, 1.807) is 0 Å². The fourth-order valence-electron chi connectivity index (χ4n) is 2.38. The Bertz CT molecular complexity index is 289. The van der Waals surface area contributed by atoms with Gasteiger partial charge in [0.05, 0.1) is 6.61 Å². The zero-order chi connectivity index (χ0) is 15.0. The maximum absolute atomic E-state index is 11.9. The zero-order valence-electron chi connectivity index (χ0n) is 13.5. The summed E-state index contributed by atoms with van der Waals surface area (Å²) in [5.74, 6) is 0. The molecule has 1 heterocycles. The lowest BCUT2D eigenvalue weighted by Gasteiger charge is -2.33. The number of hydrogen-bond acceptors (Lipinski definition) is 3. The summed E-state index contributed by atoms with van der Waals surface area (Å²) < 4.78 is 5.53. The van der Waals surface area contributed by atoms with E-state index in [0.29, 0.717) is 0 Å². The highest BCUT2D eigenvalue weighted by molar-refractivity contribution is 5.75. The van der Waals surface area contributed by atoms with Crippen molar-refractivity contribution in [3.05, 3.63) is 0 Å². The molecular weight excluding hydrogens is 254 g/mol. The van der Waals surface area contributed by atoms with Crippen molar-refractivity contribution in [1.82, 2.24) is 15.5 Å². The largest absolute Gasteiger partial charge is 0.380 e. The quantitative estimate of drug-likeness (QED) is 0.734. The second-order valence-corrected chi connectivity index (χ2v) is 6.60. The summed E-state index contributed by atoms with van der Waals surface area (Å²) >= 11 is 0. The van der Waals surface area contributed by atoms with Gasteiger partial charge in [-0.3, -0.25) is 4.90 Å². The van der Waals surface area contributed by atoms with Gasteiger partial charge in [-0.1, -0.05) is 6.92 Å². The topological polar surface area (TPSA) is 53.6 Å². The minimum Gasteiger partial charge on any atom is -0.380 e. The van der Waals surface area contributed by atoms with E-state index in [1.807, 2.05) is 20.8 Å². The van der Waals surface area contributed by atoms with Gasteiger partial charge < -0.3 is 15.4 Å². The summed E-state index contributed by atoms with van der Waals surface area (Å²) in [5, 5.41) is 6.02. The van der Waals surface area contributed by atoms with Gasteiger partial charge in [-0.25, -0.2) is 4.79 Å². The Balaban J connectivity index is 2.24. The average Bonchev–Trinajstić information content (AvgIpc) is 2.32. The third-order valence-corrected chi connectivity index (χ3v) is 3.23. The number of carbonyl (C=O) groups excluding carboxylic acids is 1. The van der Waals surface area contributed by atoms with Crippen LogP contribution in [-0.2, 0) is 4.74 Å². The molecule has 0 aromatic heterocycles. The molecule has 0 radical (unpaired) electrons. The van der Waals surface area contributed by atoms with E-state index in [0.717, 1.165) is 52.1 Å². The maximum Gasteiger partial charge on any atom is 0.315 e. The molecule has 1 atom stereocenters. The molecule has 1 aliphatic rings. The highest BCUT2D eigenvalue weighted by Gasteiger charge is 2.22. The molecule has 0 aliphatic carbocycles. The monoisotopic (exact) mass is 285 g/mol. The first-order valence-corrected chi connectivity index (χ1v) is 7.79. The molecule has 1 saturated heterocycles. The van der Waals surface area contributed by atoms with Crippen LogP contribution in [0.1, 0.15) is 47.0 Å². The summed E-state index contributed by atoms with van der Waals surface area (Å²) in [6.45, 7) is 12.7. The lowest BCUT2D eigenvalue weighted by molar-refractivity contribution is 0.0908. The van der Waals surface area contributed by atoms with Crippen LogP contribution in [0.5, 0.6) is 0 Å². The van der Waals surface area contributed by atoms with Crippen LogP contribution in [0.3, 0.4) is 0 Å². The van der Waals surface area contributed by atoms with Crippen molar-refractivity contribution in [3.63, 3.8) is 0 Å². The molecule has 1 unspecified atom stereocenters. The molecule has 1 rings (SSSR count). The Labute approximate surface area is 123 Å². The number of carbonyl (C=O) groups is 1. The van der Waals surface area contributed by atoms with Gasteiger partial charge in [0.2, 0.25) is 0 Å². The van der Waals surface area contributed by atoms with Gasteiger partial charge in [0.15, 0.2) is 0 Å². The van der Waals surface area contributed by atoms with E-state index in [1.165, 1.54) is 0 Å². The van der Waals surface area contributed by atoms with Crippen molar-refractivity contribution in [1.29, 1.82) is 0 Å². The van der Waals surface area contributed by atoms with E-state index < -0.39 is 0 Å². The average molecular weight is 285 g/mol. The lowest BCUT2D eigenvalue weighted by atomic mass is 10.1. The number of rotatable bonds is 6. The number of nitrogens with one attached hydrogen (secondary N) is 2. The first-order chi connectivity index (χ1) is 9.40. The van der Waals surface area contributed by atoms with Gasteiger partial charge in [0.25, 0.3) is 0 Å². The fraction of sp³-hybridized carbons (Fsp3) is 0.933. The predicted octanol–water partition coefficient (Wildman–Crippen LogP) is 1.98. The summed E-state index contributed by atoms with van der Waals surface area (Å²) in [7, 11) is 0. The number of urea groups is 1. The Morgan fingerprint density at radius 2 is 2.10 bits per heavy atom. The smallest absolute Gasteiger partial charge is 0.315 e. The van der Waals surface area contributed by atoms with E-state index in [-0.39, 0.29) is 17.6 Å². The Morgan fingerprint density at radius 3 is 2.75 bits per heavy atom. The van der Waals surface area contributed by atoms with Crippen molar-refractivity contribution in [3.8, 4) is 0 Å². The molecule has 20 heavy (non-hydrogen) atoms. The molecule has 2 amide bonds. The van der Waals surface area contributed by atoms with E-state index >= 15 is 0 Å². The first kappa shape index (κ1) is 17.2. The summed E-state index contributed by atoms with van der Waals surface area (Å²) in [5.41, 5.74) is -0.188. The van der Waals surface area contributed by atoms with Gasteiger partial charge in [-0.15, -0.1) is 0 Å². The molecule has 0 bridgehead atoms. The number of hydrogen-bond donors (Lipinski definition) is 2. The molecule has 5 nitrogen and oxygen atoms in total. The first-order valence-electron chi connectivity index (χ1n) is 7.79. The van der Waals surface area contributed by atoms with Gasteiger partial charge in [-0.2, -0.15) is 0 Å². The van der Waals surface area contributed by atoms with Crippen LogP contribution in [0.15, 0.2) is 0 Å². The molecule has 2 N–H and O–H groups in total. The van der Waals surface area contributed by atoms with Crippen molar-refractivity contribution in [2.75, 3.05) is 32.8 Å². The summed E-state index contributed by atoms with van der Waals surface area (Å²) in [6.07, 6.45) is 3.26. The molecular formula is C15H31N3O2. The summed E-state index contributed by atoms with van der Waals surface area (Å²) in [4.78, 5) is 14.2. The van der Waals surface area contributed by atoms with Crippen LogP contribution in [0.25, 0.3) is 0 Å². The standard InChI is InChI=1S/C15H31N3O2/c1-5-10-20-11-9-18-8-6-7-13(12-18)16-14(19)17-15(2,3)4/h13H,5-12H2,1-4H3,(H2,16,17,19). The van der Waals surface area contributed by atoms with Gasteiger partial charge in [0.1, 0.15) is 0 Å². The molecule has 0 aromatic carbocycles. The fourth-order valence-corrected chi connectivity index (χ4v) is 2.38.